The van der Waals surface area contributed by atoms with Crippen LogP contribution in [0.15, 0.2) is 42.6 Å². The van der Waals surface area contributed by atoms with Gasteiger partial charge in [-0.15, -0.1) is 0 Å². The van der Waals surface area contributed by atoms with E-state index in [1.807, 2.05) is 23.4 Å². The zero-order chi connectivity index (χ0) is 17.9. The van der Waals surface area contributed by atoms with Gasteiger partial charge in [0.25, 0.3) is 0 Å². The largest absolute Gasteiger partial charge is 0.343 e. The first-order chi connectivity index (χ1) is 12.7. The number of H-pyrrole nitrogens is 1. The summed E-state index contributed by atoms with van der Waals surface area (Å²) in [6.45, 7) is 1.78. The summed E-state index contributed by atoms with van der Waals surface area (Å²) in [4.78, 5) is 22.1. The number of carbonyl (C=O) groups excluding carboxylic acids is 1. The molecule has 3 aromatic rings. The van der Waals surface area contributed by atoms with E-state index >= 15 is 0 Å². The van der Waals surface area contributed by atoms with E-state index in [1.54, 1.807) is 11.9 Å². The van der Waals surface area contributed by atoms with Gasteiger partial charge in [-0.1, -0.05) is 24.1 Å². The number of hydrogen-bond acceptors (Lipinski definition) is 4. The summed E-state index contributed by atoms with van der Waals surface area (Å²) in [5, 5.41) is 1.06. The van der Waals surface area contributed by atoms with E-state index in [2.05, 4.69) is 45.0 Å². The molecule has 1 aliphatic rings. The Morgan fingerprint density at radius 3 is 2.73 bits per heavy atom. The van der Waals surface area contributed by atoms with Crippen molar-refractivity contribution in [3.05, 3.63) is 48.3 Å². The summed E-state index contributed by atoms with van der Waals surface area (Å²) in [5.74, 6) is 0.197. The number of nitrogens with zero attached hydrogens (tertiary/aromatic N) is 2. The van der Waals surface area contributed by atoms with Gasteiger partial charge in [0, 0.05) is 42.3 Å². The van der Waals surface area contributed by atoms with E-state index in [9.17, 15) is 4.79 Å². The molecule has 6 heteroatoms. The Labute approximate surface area is 157 Å². The average molecular weight is 366 g/mol. The molecule has 0 radical (unpaired) electrons. The van der Waals surface area contributed by atoms with Crippen LogP contribution in [0.25, 0.3) is 22.2 Å². The quantitative estimate of drug-likeness (QED) is 0.668. The Kier molecular flexibility index (Phi) is 4.84. The number of hydrogen-bond donors (Lipinski definition) is 2. The molecule has 2 N–H and O–H groups in total. The van der Waals surface area contributed by atoms with Gasteiger partial charge in [-0.25, -0.2) is 4.98 Å². The van der Waals surface area contributed by atoms with E-state index < -0.39 is 0 Å². The standard InChI is InChI=1S/C20H22N4OS/c1-26-23-15-6-4-14(5-7-15)17-8-9-21-20-18(17)12-16(22-20)13-19(25)24-10-2-3-11-24/h4-9,12,23H,2-3,10-11,13H2,1H3,(H,21,22). The van der Waals surface area contributed by atoms with Crippen molar-refractivity contribution in [1.29, 1.82) is 0 Å². The molecule has 0 spiro atoms. The lowest BCUT2D eigenvalue weighted by molar-refractivity contribution is -0.129. The number of anilines is 1. The number of aromatic amines is 1. The van der Waals surface area contributed by atoms with Crippen LogP contribution < -0.4 is 4.72 Å². The van der Waals surface area contributed by atoms with Gasteiger partial charge in [0.15, 0.2) is 0 Å². The highest BCUT2D eigenvalue weighted by Crippen LogP contribution is 2.29. The van der Waals surface area contributed by atoms with Crippen LogP contribution >= 0.6 is 11.9 Å². The summed E-state index contributed by atoms with van der Waals surface area (Å²) >= 11 is 1.58. The fraction of sp³-hybridized carbons (Fsp3) is 0.300. The molecule has 5 nitrogen and oxygen atoms in total. The maximum Gasteiger partial charge on any atom is 0.228 e. The van der Waals surface area contributed by atoms with E-state index in [4.69, 9.17) is 0 Å². The molecule has 0 saturated carbocycles. The molecule has 0 aliphatic carbocycles. The van der Waals surface area contributed by atoms with E-state index in [1.165, 1.54) is 0 Å². The second kappa shape index (κ2) is 7.41. The van der Waals surface area contributed by atoms with Crippen molar-refractivity contribution >= 4 is 34.6 Å². The van der Waals surface area contributed by atoms with Gasteiger partial charge in [-0.05, 0) is 48.2 Å². The zero-order valence-electron chi connectivity index (χ0n) is 14.8. The van der Waals surface area contributed by atoms with Crippen LogP contribution in [0.5, 0.6) is 0 Å². The molecular formula is C20H22N4OS. The van der Waals surface area contributed by atoms with Crippen LogP contribution in [0.2, 0.25) is 0 Å². The van der Waals surface area contributed by atoms with Gasteiger partial charge in [-0.3, -0.25) is 4.79 Å². The average Bonchev–Trinajstić information content (AvgIpc) is 3.32. The van der Waals surface area contributed by atoms with Crippen LogP contribution in [-0.4, -0.2) is 40.1 Å². The molecule has 26 heavy (non-hydrogen) atoms. The van der Waals surface area contributed by atoms with Crippen LogP contribution in [-0.2, 0) is 11.2 Å². The van der Waals surface area contributed by atoms with Gasteiger partial charge in [0.2, 0.25) is 5.91 Å². The van der Waals surface area contributed by atoms with Crippen LogP contribution in [0.1, 0.15) is 18.5 Å². The van der Waals surface area contributed by atoms with Crippen LogP contribution in [0.4, 0.5) is 5.69 Å². The first kappa shape index (κ1) is 17.0. The minimum atomic E-state index is 0.197. The number of pyridine rings is 1. The number of fused-ring (bicyclic) bond motifs is 1. The highest BCUT2D eigenvalue weighted by atomic mass is 32.2. The number of amides is 1. The number of nitrogens with one attached hydrogen (secondary N) is 2. The highest BCUT2D eigenvalue weighted by Gasteiger charge is 2.19. The van der Waals surface area contributed by atoms with Gasteiger partial charge < -0.3 is 14.6 Å². The Morgan fingerprint density at radius 2 is 2.00 bits per heavy atom. The number of carbonyl (C=O) groups is 1. The summed E-state index contributed by atoms with van der Waals surface area (Å²) < 4.78 is 3.23. The van der Waals surface area contributed by atoms with Crippen molar-refractivity contribution in [2.24, 2.45) is 0 Å². The van der Waals surface area contributed by atoms with Gasteiger partial charge in [0.05, 0.1) is 6.42 Å². The first-order valence-electron chi connectivity index (χ1n) is 8.88. The molecular weight excluding hydrogens is 344 g/mol. The molecule has 1 aromatic carbocycles. The second-order valence-electron chi connectivity index (χ2n) is 6.56. The number of rotatable bonds is 5. The number of aromatic nitrogens is 2. The molecule has 1 saturated heterocycles. The third-order valence-electron chi connectivity index (χ3n) is 4.80. The second-order valence-corrected chi connectivity index (χ2v) is 7.18. The molecule has 2 aromatic heterocycles. The predicted octanol–water partition coefficient (Wildman–Crippen LogP) is 4.08. The van der Waals surface area contributed by atoms with Crippen LogP contribution in [0.3, 0.4) is 0 Å². The molecule has 4 rings (SSSR count). The molecule has 1 fully saturated rings. The third-order valence-corrected chi connectivity index (χ3v) is 5.24. The molecule has 134 valence electrons. The van der Waals surface area contributed by atoms with Crippen molar-refractivity contribution in [2.75, 3.05) is 24.1 Å². The van der Waals surface area contributed by atoms with Crippen molar-refractivity contribution in [1.82, 2.24) is 14.9 Å². The SMILES string of the molecule is CSNc1ccc(-c2ccnc3[nH]c(CC(=O)N4CCCC4)cc23)cc1. The summed E-state index contributed by atoms with van der Waals surface area (Å²) in [6.07, 6.45) is 6.46. The molecule has 1 aliphatic heterocycles. The zero-order valence-corrected chi connectivity index (χ0v) is 15.6. The Hall–Kier alpha value is -2.47. The Balaban J connectivity index is 1.61. The maximum atomic E-state index is 12.4. The minimum absolute atomic E-state index is 0.197. The molecule has 3 heterocycles. The van der Waals surface area contributed by atoms with Crippen molar-refractivity contribution in [3.8, 4) is 11.1 Å². The fourth-order valence-corrected chi connectivity index (χ4v) is 3.88. The minimum Gasteiger partial charge on any atom is -0.343 e. The lowest BCUT2D eigenvalue weighted by Crippen LogP contribution is -2.29. The van der Waals surface area contributed by atoms with E-state index in [-0.39, 0.29) is 5.91 Å². The Bertz CT molecular complexity index is 913. The maximum absolute atomic E-state index is 12.4. The van der Waals surface area contributed by atoms with Crippen molar-refractivity contribution in [3.63, 3.8) is 0 Å². The lowest BCUT2D eigenvalue weighted by Gasteiger charge is -2.14. The lowest BCUT2D eigenvalue weighted by atomic mass is 10.0. The first-order valence-corrected chi connectivity index (χ1v) is 10.1. The van der Waals surface area contributed by atoms with Crippen molar-refractivity contribution < 1.29 is 4.79 Å². The normalized spacial score (nSPS) is 14.1. The molecule has 0 bridgehead atoms. The Morgan fingerprint density at radius 1 is 1.23 bits per heavy atom. The van der Waals surface area contributed by atoms with Crippen molar-refractivity contribution in [2.45, 2.75) is 19.3 Å². The summed E-state index contributed by atoms with van der Waals surface area (Å²) in [5.41, 5.74) is 5.11. The predicted molar refractivity (Wildman–Crippen MR) is 108 cm³/mol. The number of benzene rings is 1. The van der Waals surface area contributed by atoms with Gasteiger partial charge >= 0.3 is 0 Å². The number of likely N-dealkylation sites (tertiary alicyclic amines) is 1. The smallest absolute Gasteiger partial charge is 0.228 e. The molecule has 1 amide bonds. The van der Waals surface area contributed by atoms with E-state index in [0.717, 1.165) is 59.5 Å². The van der Waals surface area contributed by atoms with Crippen LogP contribution in [0, 0.1) is 0 Å². The van der Waals surface area contributed by atoms with E-state index in [0.29, 0.717) is 6.42 Å². The fourth-order valence-electron chi connectivity index (χ4n) is 3.51. The summed E-state index contributed by atoms with van der Waals surface area (Å²) in [6, 6.07) is 12.5. The third kappa shape index (κ3) is 3.42. The molecule has 0 unspecified atom stereocenters. The summed E-state index contributed by atoms with van der Waals surface area (Å²) in [7, 11) is 0. The van der Waals surface area contributed by atoms with Gasteiger partial charge in [-0.2, -0.15) is 0 Å². The van der Waals surface area contributed by atoms with Gasteiger partial charge in [0.1, 0.15) is 5.65 Å². The molecule has 0 atom stereocenters. The topological polar surface area (TPSA) is 61.0 Å². The monoisotopic (exact) mass is 366 g/mol. The highest BCUT2D eigenvalue weighted by molar-refractivity contribution is 7.99.